The van der Waals surface area contributed by atoms with Crippen molar-refractivity contribution in [1.82, 2.24) is 4.90 Å². The van der Waals surface area contributed by atoms with Gasteiger partial charge in [0.05, 0.1) is 13.7 Å². The van der Waals surface area contributed by atoms with Crippen LogP contribution >= 0.6 is 0 Å². The zero-order valence-electron chi connectivity index (χ0n) is 6.83. The number of rotatable bonds is 1. The molecule has 0 spiro atoms. The van der Waals surface area contributed by atoms with Crippen LogP contribution in [0.25, 0.3) is 0 Å². The Morgan fingerprint density at radius 3 is 3.00 bits per heavy atom. The molecule has 62 valence electrons. The summed E-state index contributed by atoms with van der Waals surface area (Å²) >= 11 is 0. The van der Waals surface area contributed by atoms with Gasteiger partial charge in [0.15, 0.2) is 0 Å². The van der Waals surface area contributed by atoms with Crippen LogP contribution in [0.15, 0.2) is 4.99 Å². The summed E-state index contributed by atoms with van der Waals surface area (Å²) in [4.78, 5) is 16.9. The van der Waals surface area contributed by atoms with Crippen molar-refractivity contribution >= 4 is 11.8 Å². The number of ether oxygens (including phenoxy) is 1. The van der Waals surface area contributed by atoms with Crippen LogP contribution in [0.5, 0.6) is 0 Å². The van der Waals surface area contributed by atoms with Gasteiger partial charge in [0.25, 0.3) is 5.90 Å². The largest absolute Gasteiger partial charge is 0.477 e. The molecule has 0 aromatic rings. The average Bonchev–Trinajstić information content (AvgIpc) is 2.05. The average molecular weight is 156 g/mol. The SMILES string of the molecule is CCN1CCN=C(OC)C1=O. The first-order valence-electron chi connectivity index (χ1n) is 3.67. The number of amides is 1. The highest BCUT2D eigenvalue weighted by atomic mass is 16.5. The maximum atomic E-state index is 11.3. The normalized spacial score (nSPS) is 18.2. The number of carbonyl (C=O) groups is 1. The first-order chi connectivity index (χ1) is 5.29. The van der Waals surface area contributed by atoms with Gasteiger partial charge in [-0.2, -0.15) is 0 Å². The minimum atomic E-state index is -0.0961. The van der Waals surface area contributed by atoms with Gasteiger partial charge in [-0.1, -0.05) is 0 Å². The molecule has 1 amide bonds. The minimum absolute atomic E-state index is 0.0961. The number of aliphatic imine (C=N–C) groups is 1. The van der Waals surface area contributed by atoms with Crippen LogP contribution in [0.4, 0.5) is 0 Å². The van der Waals surface area contributed by atoms with Gasteiger partial charge in [0.2, 0.25) is 0 Å². The highest BCUT2D eigenvalue weighted by Crippen LogP contribution is 1.99. The van der Waals surface area contributed by atoms with Crippen molar-refractivity contribution in [2.24, 2.45) is 4.99 Å². The van der Waals surface area contributed by atoms with Crippen LogP contribution in [0.1, 0.15) is 6.92 Å². The molecule has 0 N–H and O–H groups in total. The van der Waals surface area contributed by atoms with Crippen LogP contribution in [-0.2, 0) is 9.53 Å². The first-order valence-corrected chi connectivity index (χ1v) is 3.67. The van der Waals surface area contributed by atoms with Crippen molar-refractivity contribution in [3.05, 3.63) is 0 Å². The Balaban J connectivity index is 2.68. The monoisotopic (exact) mass is 156 g/mol. The number of likely N-dealkylation sites (N-methyl/N-ethyl adjacent to an activating group) is 1. The molecule has 0 atom stereocenters. The number of hydrogen-bond acceptors (Lipinski definition) is 3. The standard InChI is InChI=1S/C7H12N2O2/c1-3-9-5-4-8-6(11-2)7(9)10/h3-5H2,1-2H3. The van der Waals surface area contributed by atoms with E-state index in [0.717, 1.165) is 6.54 Å². The molecular formula is C7H12N2O2. The molecule has 0 saturated heterocycles. The number of hydrogen-bond donors (Lipinski definition) is 0. The van der Waals surface area contributed by atoms with Gasteiger partial charge in [-0.25, -0.2) is 4.99 Å². The van der Waals surface area contributed by atoms with Crippen molar-refractivity contribution in [3.63, 3.8) is 0 Å². The van der Waals surface area contributed by atoms with Gasteiger partial charge in [-0.3, -0.25) is 4.79 Å². The molecular weight excluding hydrogens is 144 g/mol. The molecule has 0 fully saturated rings. The third-order valence-corrected chi connectivity index (χ3v) is 1.67. The van der Waals surface area contributed by atoms with E-state index in [0.29, 0.717) is 13.1 Å². The van der Waals surface area contributed by atoms with Crippen LogP contribution in [0.3, 0.4) is 0 Å². The zero-order chi connectivity index (χ0) is 8.27. The van der Waals surface area contributed by atoms with Crippen LogP contribution < -0.4 is 0 Å². The van der Waals surface area contributed by atoms with Crippen molar-refractivity contribution in [2.75, 3.05) is 26.7 Å². The second kappa shape index (κ2) is 3.37. The van der Waals surface area contributed by atoms with Gasteiger partial charge in [0.1, 0.15) is 0 Å². The summed E-state index contributed by atoms with van der Waals surface area (Å²) in [6.45, 7) is 4.03. The molecule has 0 saturated carbocycles. The lowest BCUT2D eigenvalue weighted by molar-refractivity contribution is -0.125. The van der Waals surface area contributed by atoms with Gasteiger partial charge in [-0.15, -0.1) is 0 Å². The highest BCUT2D eigenvalue weighted by molar-refractivity contribution is 6.35. The summed E-state index contributed by atoms with van der Waals surface area (Å²) in [5.41, 5.74) is 0. The van der Waals surface area contributed by atoms with E-state index in [9.17, 15) is 4.79 Å². The van der Waals surface area contributed by atoms with Gasteiger partial charge >= 0.3 is 5.91 Å². The summed E-state index contributed by atoms with van der Waals surface area (Å²) in [6, 6.07) is 0. The van der Waals surface area contributed by atoms with E-state index in [2.05, 4.69) is 4.99 Å². The molecule has 1 heterocycles. The number of carbonyl (C=O) groups excluding carboxylic acids is 1. The Morgan fingerprint density at radius 1 is 1.73 bits per heavy atom. The topological polar surface area (TPSA) is 41.9 Å². The van der Waals surface area contributed by atoms with E-state index in [-0.39, 0.29) is 11.8 Å². The summed E-state index contributed by atoms with van der Waals surface area (Å²) < 4.78 is 4.79. The van der Waals surface area contributed by atoms with Crippen LogP contribution in [0.2, 0.25) is 0 Å². The minimum Gasteiger partial charge on any atom is -0.477 e. The molecule has 1 aliphatic heterocycles. The van der Waals surface area contributed by atoms with E-state index in [1.54, 1.807) is 4.90 Å². The molecule has 4 heteroatoms. The Labute approximate surface area is 65.9 Å². The van der Waals surface area contributed by atoms with Gasteiger partial charge in [0, 0.05) is 13.1 Å². The first kappa shape index (κ1) is 8.04. The molecule has 0 aromatic heterocycles. The molecule has 1 rings (SSSR count). The molecule has 0 radical (unpaired) electrons. The maximum absolute atomic E-state index is 11.3. The molecule has 11 heavy (non-hydrogen) atoms. The predicted octanol–water partition coefficient (Wildman–Crippen LogP) is -0.107. The molecule has 0 aromatic carbocycles. The fraction of sp³-hybridized carbons (Fsp3) is 0.714. The fourth-order valence-electron chi connectivity index (χ4n) is 1.03. The lowest BCUT2D eigenvalue weighted by atomic mass is 10.4. The van der Waals surface area contributed by atoms with Crippen molar-refractivity contribution in [1.29, 1.82) is 0 Å². The molecule has 4 nitrogen and oxygen atoms in total. The zero-order valence-corrected chi connectivity index (χ0v) is 6.83. The molecule has 0 aliphatic carbocycles. The van der Waals surface area contributed by atoms with E-state index in [1.165, 1.54) is 7.11 Å². The van der Waals surface area contributed by atoms with Crippen molar-refractivity contribution < 1.29 is 9.53 Å². The molecule has 0 unspecified atom stereocenters. The van der Waals surface area contributed by atoms with E-state index in [4.69, 9.17) is 4.74 Å². The summed E-state index contributed by atoms with van der Waals surface area (Å²) in [5, 5.41) is 0. The van der Waals surface area contributed by atoms with Crippen LogP contribution in [-0.4, -0.2) is 43.4 Å². The van der Waals surface area contributed by atoms with Crippen LogP contribution in [0, 0.1) is 0 Å². The second-order valence-corrected chi connectivity index (χ2v) is 2.28. The van der Waals surface area contributed by atoms with Crippen molar-refractivity contribution in [3.8, 4) is 0 Å². The Morgan fingerprint density at radius 2 is 2.45 bits per heavy atom. The lowest BCUT2D eigenvalue weighted by Crippen LogP contribution is -2.42. The Bertz CT molecular complexity index is 189. The van der Waals surface area contributed by atoms with Gasteiger partial charge < -0.3 is 9.64 Å². The third kappa shape index (κ3) is 1.50. The molecule has 0 bridgehead atoms. The summed E-state index contributed by atoms with van der Waals surface area (Å²) in [7, 11) is 1.47. The predicted molar refractivity (Wildman–Crippen MR) is 41.6 cm³/mol. The lowest BCUT2D eigenvalue weighted by Gasteiger charge is -2.23. The maximum Gasteiger partial charge on any atom is 0.308 e. The summed E-state index contributed by atoms with van der Waals surface area (Å²) in [6.07, 6.45) is 0. The Hall–Kier alpha value is -1.06. The Kier molecular flexibility index (Phi) is 2.46. The van der Waals surface area contributed by atoms with E-state index >= 15 is 0 Å². The van der Waals surface area contributed by atoms with Gasteiger partial charge in [-0.05, 0) is 6.92 Å². The molecule has 1 aliphatic rings. The fourth-order valence-corrected chi connectivity index (χ4v) is 1.03. The third-order valence-electron chi connectivity index (χ3n) is 1.67. The second-order valence-electron chi connectivity index (χ2n) is 2.28. The number of nitrogens with zero attached hydrogens (tertiary/aromatic N) is 2. The number of methoxy groups -OCH3 is 1. The summed E-state index contributed by atoms with van der Waals surface area (Å²) in [5.74, 6) is 0.138. The van der Waals surface area contributed by atoms with Crippen molar-refractivity contribution in [2.45, 2.75) is 6.92 Å². The smallest absolute Gasteiger partial charge is 0.308 e. The van der Waals surface area contributed by atoms with E-state index < -0.39 is 0 Å². The van der Waals surface area contributed by atoms with E-state index in [1.807, 2.05) is 6.92 Å². The highest BCUT2D eigenvalue weighted by Gasteiger charge is 2.22. The quantitative estimate of drug-likeness (QED) is 0.531.